The topological polar surface area (TPSA) is 103 Å². The largest absolute Gasteiger partial charge is 0.433 e. The van der Waals surface area contributed by atoms with E-state index < -0.39 is 29.9 Å². The van der Waals surface area contributed by atoms with Gasteiger partial charge in [-0.15, -0.1) is 0 Å². The quantitative estimate of drug-likeness (QED) is 0.690. The molecule has 1 aromatic carbocycles. The first-order valence-corrected chi connectivity index (χ1v) is 10.5. The highest BCUT2D eigenvalue weighted by molar-refractivity contribution is 6.08. The zero-order valence-electron chi connectivity index (χ0n) is 17.6. The van der Waals surface area contributed by atoms with Crippen molar-refractivity contribution in [2.24, 2.45) is 0 Å². The number of fused-ring (bicyclic) bond motifs is 1. The zero-order valence-corrected chi connectivity index (χ0v) is 17.6. The Morgan fingerprint density at radius 3 is 2.32 bits per heavy atom. The van der Waals surface area contributed by atoms with Crippen LogP contribution >= 0.6 is 0 Å². The Labute approximate surface area is 191 Å². The second-order valence-corrected chi connectivity index (χ2v) is 8.23. The molecule has 1 aromatic heterocycles. The van der Waals surface area contributed by atoms with Crippen molar-refractivity contribution in [2.45, 2.75) is 31.6 Å². The Hall–Kier alpha value is -3.96. The SMILES string of the molecule is O=C1CCC(N2Cc3cc(N4CCN(c5ccc(C(F)(F)F)nc5)C4=O)ccc3C2=O)C(=O)N1. The molecule has 2 aromatic rings. The standard InChI is InChI=1S/C22H18F3N5O4/c23-22(24,25)17-5-2-14(10-26-17)29-8-7-28(21(29)34)13-1-3-15-12(9-13)11-30(20(15)33)16-4-6-18(31)27-19(16)32/h1-3,5,9-10,16H,4,6-8,11H2,(H,27,31,32). The summed E-state index contributed by atoms with van der Waals surface area (Å²) in [5.41, 5.74) is 0.812. The fourth-order valence-corrected chi connectivity index (χ4v) is 4.46. The van der Waals surface area contributed by atoms with Gasteiger partial charge in [0, 0.05) is 37.3 Å². The van der Waals surface area contributed by atoms with Crippen LogP contribution in [0.3, 0.4) is 0 Å². The molecule has 0 spiro atoms. The number of nitrogens with zero attached hydrogens (tertiary/aromatic N) is 4. The van der Waals surface area contributed by atoms with E-state index in [2.05, 4.69) is 10.3 Å². The van der Waals surface area contributed by atoms with E-state index in [0.29, 0.717) is 23.4 Å². The number of amides is 5. The Kier molecular flexibility index (Phi) is 5.03. The van der Waals surface area contributed by atoms with Gasteiger partial charge in [0.1, 0.15) is 11.7 Å². The van der Waals surface area contributed by atoms with Crippen molar-refractivity contribution in [3.8, 4) is 0 Å². The minimum Gasteiger partial charge on any atom is -0.322 e. The number of alkyl halides is 3. The molecule has 34 heavy (non-hydrogen) atoms. The summed E-state index contributed by atoms with van der Waals surface area (Å²) < 4.78 is 38.3. The van der Waals surface area contributed by atoms with Crippen molar-refractivity contribution >= 4 is 35.1 Å². The molecule has 0 saturated carbocycles. The smallest absolute Gasteiger partial charge is 0.322 e. The fourth-order valence-electron chi connectivity index (χ4n) is 4.46. The van der Waals surface area contributed by atoms with Gasteiger partial charge in [-0.3, -0.25) is 29.5 Å². The number of halogens is 3. The fraction of sp³-hybridized carbons (Fsp3) is 0.318. The number of rotatable bonds is 3. The number of urea groups is 1. The highest BCUT2D eigenvalue weighted by Crippen LogP contribution is 2.33. The third-order valence-corrected chi connectivity index (χ3v) is 6.18. The van der Waals surface area contributed by atoms with Crippen molar-refractivity contribution < 1.29 is 32.3 Å². The van der Waals surface area contributed by atoms with Crippen LogP contribution in [-0.2, 0) is 22.3 Å². The number of carbonyl (C=O) groups excluding carboxylic acids is 4. The number of hydrogen-bond acceptors (Lipinski definition) is 5. The highest BCUT2D eigenvalue weighted by atomic mass is 19.4. The van der Waals surface area contributed by atoms with Gasteiger partial charge in [0.05, 0.1) is 11.9 Å². The van der Waals surface area contributed by atoms with Crippen LogP contribution < -0.4 is 15.1 Å². The molecule has 176 valence electrons. The molecule has 0 bridgehead atoms. The van der Waals surface area contributed by atoms with Crippen LogP contribution in [0.15, 0.2) is 36.5 Å². The first-order valence-electron chi connectivity index (χ1n) is 10.5. The van der Waals surface area contributed by atoms with Gasteiger partial charge >= 0.3 is 12.2 Å². The average Bonchev–Trinajstić information content (AvgIpc) is 3.33. The van der Waals surface area contributed by atoms with Crippen LogP contribution in [0.25, 0.3) is 0 Å². The molecule has 0 radical (unpaired) electrons. The molecule has 5 amide bonds. The number of benzene rings is 1. The van der Waals surface area contributed by atoms with Crippen molar-refractivity contribution in [2.75, 3.05) is 22.9 Å². The normalized spacial score (nSPS) is 20.8. The summed E-state index contributed by atoms with van der Waals surface area (Å²) in [7, 11) is 0. The molecule has 2 fully saturated rings. The lowest BCUT2D eigenvalue weighted by Gasteiger charge is -2.29. The lowest BCUT2D eigenvalue weighted by Crippen LogP contribution is -2.52. The summed E-state index contributed by atoms with van der Waals surface area (Å²) >= 11 is 0. The van der Waals surface area contributed by atoms with Gasteiger partial charge in [-0.1, -0.05) is 0 Å². The molecule has 12 heteroatoms. The summed E-state index contributed by atoms with van der Waals surface area (Å²) in [6.45, 7) is 0.719. The monoisotopic (exact) mass is 473 g/mol. The summed E-state index contributed by atoms with van der Waals surface area (Å²) in [4.78, 5) is 57.1. The molecule has 1 atom stereocenters. The predicted molar refractivity (Wildman–Crippen MR) is 112 cm³/mol. The van der Waals surface area contributed by atoms with Crippen LogP contribution in [0.2, 0.25) is 0 Å². The van der Waals surface area contributed by atoms with Gasteiger partial charge < -0.3 is 4.90 Å². The second kappa shape index (κ2) is 7.82. The second-order valence-electron chi connectivity index (χ2n) is 8.23. The minimum atomic E-state index is -4.57. The Bertz CT molecular complexity index is 1210. The molecule has 1 unspecified atom stereocenters. The summed E-state index contributed by atoms with van der Waals surface area (Å²) in [6, 6.07) is 5.79. The number of nitrogens with one attached hydrogen (secondary N) is 1. The number of imide groups is 1. The van der Waals surface area contributed by atoms with Gasteiger partial charge in [-0.05, 0) is 42.3 Å². The summed E-state index contributed by atoms with van der Waals surface area (Å²) in [5.74, 6) is -1.19. The molecular weight excluding hydrogens is 455 g/mol. The molecule has 3 aliphatic rings. The first-order chi connectivity index (χ1) is 16.1. The van der Waals surface area contributed by atoms with E-state index in [0.717, 1.165) is 12.3 Å². The molecule has 1 N–H and O–H groups in total. The van der Waals surface area contributed by atoms with Crippen molar-refractivity contribution in [3.63, 3.8) is 0 Å². The van der Waals surface area contributed by atoms with Crippen LogP contribution in [0.4, 0.5) is 29.3 Å². The Morgan fingerprint density at radius 1 is 0.971 bits per heavy atom. The predicted octanol–water partition coefficient (Wildman–Crippen LogP) is 2.31. The van der Waals surface area contributed by atoms with Gasteiger partial charge in [0.2, 0.25) is 11.8 Å². The maximum atomic E-state index is 13.0. The molecular formula is C22H18F3N5O4. The Morgan fingerprint density at radius 2 is 1.68 bits per heavy atom. The third-order valence-electron chi connectivity index (χ3n) is 6.18. The van der Waals surface area contributed by atoms with E-state index in [9.17, 15) is 32.3 Å². The minimum absolute atomic E-state index is 0.151. The van der Waals surface area contributed by atoms with E-state index in [1.807, 2.05) is 0 Å². The average molecular weight is 473 g/mol. The molecule has 9 nitrogen and oxygen atoms in total. The number of aromatic nitrogens is 1. The molecule has 2 saturated heterocycles. The van der Waals surface area contributed by atoms with Crippen molar-refractivity contribution in [3.05, 3.63) is 53.3 Å². The number of hydrogen-bond donors (Lipinski definition) is 1. The van der Waals surface area contributed by atoms with Crippen LogP contribution in [0.5, 0.6) is 0 Å². The van der Waals surface area contributed by atoms with Crippen LogP contribution in [-0.4, -0.2) is 52.8 Å². The van der Waals surface area contributed by atoms with Gasteiger partial charge in [0.15, 0.2) is 0 Å². The van der Waals surface area contributed by atoms with Gasteiger partial charge in [0.25, 0.3) is 5.91 Å². The molecule has 3 aliphatic heterocycles. The van der Waals surface area contributed by atoms with E-state index in [4.69, 9.17) is 0 Å². The lowest BCUT2D eigenvalue weighted by molar-refractivity contribution is -0.141. The van der Waals surface area contributed by atoms with E-state index in [-0.39, 0.29) is 43.4 Å². The maximum absolute atomic E-state index is 13.0. The highest BCUT2D eigenvalue weighted by Gasteiger charge is 2.40. The molecule has 0 aliphatic carbocycles. The first kappa shape index (κ1) is 21.9. The van der Waals surface area contributed by atoms with Crippen LogP contribution in [0.1, 0.15) is 34.5 Å². The van der Waals surface area contributed by atoms with Crippen molar-refractivity contribution in [1.29, 1.82) is 0 Å². The third kappa shape index (κ3) is 3.64. The van der Waals surface area contributed by atoms with Crippen molar-refractivity contribution in [1.82, 2.24) is 15.2 Å². The number of carbonyl (C=O) groups is 4. The van der Waals surface area contributed by atoms with E-state index >= 15 is 0 Å². The number of piperidine rings is 1. The number of anilines is 2. The number of pyridine rings is 1. The molecule has 4 heterocycles. The lowest BCUT2D eigenvalue weighted by atomic mass is 10.0. The molecule has 5 rings (SSSR count). The van der Waals surface area contributed by atoms with E-state index in [1.165, 1.54) is 20.8 Å². The van der Waals surface area contributed by atoms with Gasteiger partial charge in [-0.25, -0.2) is 9.78 Å². The van der Waals surface area contributed by atoms with E-state index in [1.54, 1.807) is 18.2 Å². The summed E-state index contributed by atoms with van der Waals surface area (Å²) in [5, 5.41) is 2.25. The van der Waals surface area contributed by atoms with Crippen LogP contribution in [0, 0.1) is 0 Å². The van der Waals surface area contributed by atoms with Gasteiger partial charge in [-0.2, -0.15) is 13.2 Å². The Balaban J connectivity index is 1.33. The zero-order chi connectivity index (χ0) is 24.2. The summed E-state index contributed by atoms with van der Waals surface area (Å²) in [6.07, 6.45) is -3.15. The maximum Gasteiger partial charge on any atom is 0.433 e.